The molecule has 2 heterocycles. The van der Waals surface area contributed by atoms with Crippen LogP contribution in [0.2, 0.25) is 0 Å². The van der Waals surface area contributed by atoms with Crippen molar-refractivity contribution in [1.82, 2.24) is 24.9 Å². The van der Waals surface area contributed by atoms with E-state index in [1.165, 1.54) is 17.0 Å². The summed E-state index contributed by atoms with van der Waals surface area (Å²) in [5.74, 6) is 0. The molecule has 0 fully saturated rings. The molecule has 0 saturated carbocycles. The largest absolute Gasteiger partial charge is 0.316 e. The van der Waals surface area contributed by atoms with Crippen LogP contribution in [0.5, 0.6) is 0 Å². The van der Waals surface area contributed by atoms with Crippen LogP contribution >= 0.6 is 15.9 Å². The van der Waals surface area contributed by atoms with Gasteiger partial charge in [0.15, 0.2) is 0 Å². The van der Waals surface area contributed by atoms with Crippen LogP contribution in [0.1, 0.15) is 35.3 Å². The van der Waals surface area contributed by atoms with E-state index in [9.17, 15) is 0 Å². The van der Waals surface area contributed by atoms with E-state index in [1.807, 2.05) is 18.7 Å². The molecule has 2 aromatic heterocycles. The molecule has 6 heteroatoms. The number of nitrogens with one attached hydrogen (secondary N) is 1. The molecule has 0 aliphatic carbocycles. The lowest BCUT2D eigenvalue weighted by Gasteiger charge is -2.08. The molecule has 0 radical (unpaired) electrons. The van der Waals surface area contributed by atoms with Crippen LogP contribution in [-0.4, -0.2) is 26.6 Å². The van der Waals surface area contributed by atoms with E-state index in [4.69, 9.17) is 0 Å². The fourth-order valence-electron chi connectivity index (χ4n) is 2.48. The van der Waals surface area contributed by atoms with Gasteiger partial charge >= 0.3 is 0 Å². The van der Waals surface area contributed by atoms with Crippen LogP contribution in [0, 0.1) is 20.8 Å². The van der Waals surface area contributed by atoms with E-state index in [1.54, 1.807) is 0 Å². The van der Waals surface area contributed by atoms with Gasteiger partial charge in [0.05, 0.1) is 28.1 Å². The summed E-state index contributed by atoms with van der Waals surface area (Å²) < 4.78 is 5.19. The summed E-state index contributed by atoms with van der Waals surface area (Å²) >= 11 is 3.64. The summed E-state index contributed by atoms with van der Waals surface area (Å²) in [4.78, 5) is 0. The molecule has 0 spiro atoms. The van der Waals surface area contributed by atoms with Crippen molar-refractivity contribution < 1.29 is 0 Å². The standard InChI is InChI=1S/C14H22BrN5/c1-6-19-13(14(15)10(3)18-19)8-20-11(4)12(7-16-5)9(2)17-20/h16H,6-8H2,1-5H3. The lowest BCUT2D eigenvalue weighted by atomic mass is 10.2. The molecular weight excluding hydrogens is 318 g/mol. The van der Waals surface area contributed by atoms with Crippen LogP contribution in [-0.2, 0) is 19.6 Å². The SMILES string of the molecule is CCn1nc(C)c(Br)c1Cn1nc(C)c(CNC)c1C. The minimum Gasteiger partial charge on any atom is -0.316 e. The zero-order chi connectivity index (χ0) is 14.9. The molecule has 0 atom stereocenters. The van der Waals surface area contributed by atoms with Crippen molar-refractivity contribution in [2.24, 2.45) is 0 Å². The average Bonchev–Trinajstić information content (AvgIpc) is 2.84. The Morgan fingerprint density at radius 2 is 1.75 bits per heavy atom. The number of hydrogen-bond donors (Lipinski definition) is 1. The van der Waals surface area contributed by atoms with E-state index in [0.29, 0.717) is 0 Å². The van der Waals surface area contributed by atoms with Gasteiger partial charge in [-0.05, 0) is 50.7 Å². The summed E-state index contributed by atoms with van der Waals surface area (Å²) in [6.07, 6.45) is 0. The molecule has 110 valence electrons. The fraction of sp³-hybridized carbons (Fsp3) is 0.571. The van der Waals surface area contributed by atoms with E-state index >= 15 is 0 Å². The predicted molar refractivity (Wildman–Crippen MR) is 83.9 cm³/mol. The maximum atomic E-state index is 4.66. The van der Waals surface area contributed by atoms with Gasteiger partial charge in [-0.3, -0.25) is 9.36 Å². The molecule has 0 amide bonds. The summed E-state index contributed by atoms with van der Waals surface area (Å²) in [6.45, 7) is 10.8. The lowest BCUT2D eigenvalue weighted by Crippen LogP contribution is -2.11. The van der Waals surface area contributed by atoms with Gasteiger partial charge in [-0.15, -0.1) is 0 Å². The lowest BCUT2D eigenvalue weighted by molar-refractivity contribution is 0.565. The summed E-state index contributed by atoms with van der Waals surface area (Å²) in [7, 11) is 1.96. The summed E-state index contributed by atoms with van der Waals surface area (Å²) in [5.41, 5.74) is 5.78. The normalized spacial score (nSPS) is 11.3. The van der Waals surface area contributed by atoms with Gasteiger partial charge in [-0.1, -0.05) is 0 Å². The van der Waals surface area contributed by atoms with Crippen molar-refractivity contribution in [3.05, 3.63) is 32.8 Å². The van der Waals surface area contributed by atoms with Crippen LogP contribution in [0.15, 0.2) is 4.47 Å². The van der Waals surface area contributed by atoms with Crippen LogP contribution in [0.25, 0.3) is 0 Å². The van der Waals surface area contributed by atoms with Gasteiger partial charge in [-0.25, -0.2) is 0 Å². The zero-order valence-electron chi connectivity index (χ0n) is 12.8. The van der Waals surface area contributed by atoms with Crippen LogP contribution in [0.4, 0.5) is 0 Å². The number of halogens is 1. The number of nitrogens with zero attached hydrogens (tertiary/aromatic N) is 4. The number of rotatable bonds is 5. The van der Waals surface area contributed by atoms with Gasteiger partial charge in [0.1, 0.15) is 0 Å². The Morgan fingerprint density at radius 3 is 2.35 bits per heavy atom. The van der Waals surface area contributed by atoms with E-state index in [0.717, 1.165) is 35.5 Å². The quantitative estimate of drug-likeness (QED) is 0.910. The minimum absolute atomic E-state index is 0.742. The number of aryl methyl sites for hydroxylation is 3. The Labute approximate surface area is 128 Å². The molecule has 2 rings (SSSR count). The Bertz CT molecular complexity index is 612. The second kappa shape index (κ2) is 6.10. The highest BCUT2D eigenvalue weighted by Crippen LogP contribution is 2.23. The highest BCUT2D eigenvalue weighted by atomic mass is 79.9. The minimum atomic E-state index is 0.742. The third-order valence-corrected chi connectivity index (χ3v) is 4.67. The highest BCUT2D eigenvalue weighted by Gasteiger charge is 2.16. The van der Waals surface area contributed by atoms with Gasteiger partial charge in [-0.2, -0.15) is 10.2 Å². The molecule has 0 aromatic carbocycles. The fourth-order valence-corrected chi connectivity index (χ4v) is 2.89. The first-order chi connectivity index (χ1) is 9.49. The van der Waals surface area contributed by atoms with Gasteiger partial charge in [0.2, 0.25) is 0 Å². The van der Waals surface area contributed by atoms with Gasteiger partial charge in [0.25, 0.3) is 0 Å². The number of hydrogen-bond acceptors (Lipinski definition) is 3. The van der Waals surface area contributed by atoms with Gasteiger partial charge in [0, 0.05) is 24.3 Å². The van der Waals surface area contributed by atoms with Crippen molar-refractivity contribution >= 4 is 15.9 Å². The van der Waals surface area contributed by atoms with Crippen molar-refractivity contribution in [3.8, 4) is 0 Å². The zero-order valence-corrected chi connectivity index (χ0v) is 14.4. The molecule has 0 aliphatic rings. The molecule has 2 aromatic rings. The smallest absolute Gasteiger partial charge is 0.0843 e. The molecule has 0 saturated heterocycles. The third-order valence-electron chi connectivity index (χ3n) is 3.64. The molecule has 0 bridgehead atoms. The van der Waals surface area contributed by atoms with E-state index in [2.05, 4.69) is 56.9 Å². The molecule has 5 nitrogen and oxygen atoms in total. The molecule has 0 aliphatic heterocycles. The van der Waals surface area contributed by atoms with Crippen molar-refractivity contribution in [1.29, 1.82) is 0 Å². The van der Waals surface area contributed by atoms with Crippen molar-refractivity contribution in [2.45, 2.75) is 47.3 Å². The van der Waals surface area contributed by atoms with Crippen molar-refractivity contribution in [2.75, 3.05) is 7.05 Å². The van der Waals surface area contributed by atoms with Crippen LogP contribution in [0.3, 0.4) is 0 Å². The summed E-state index contributed by atoms with van der Waals surface area (Å²) in [6, 6.07) is 0. The Balaban J connectivity index is 2.38. The van der Waals surface area contributed by atoms with Crippen LogP contribution < -0.4 is 5.32 Å². The van der Waals surface area contributed by atoms with E-state index in [-0.39, 0.29) is 0 Å². The van der Waals surface area contributed by atoms with Gasteiger partial charge < -0.3 is 5.32 Å². The molecular formula is C14H22BrN5. The second-order valence-electron chi connectivity index (χ2n) is 5.00. The first-order valence-corrected chi connectivity index (χ1v) is 7.68. The average molecular weight is 340 g/mol. The maximum absolute atomic E-state index is 4.66. The Morgan fingerprint density at radius 1 is 1.10 bits per heavy atom. The highest BCUT2D eigenvalue weighted by molar-refractivity contribution is 9.10. The molecule has 1 N–H and O–H groups in total. The van der Waals surface area contributed by atoms with Crippen molar-refractivity contribution in [3.63, 3.8) is 0 Å². The second-order valence-corrected chi connectivity index (χ2v) is 5.79. The Hall–Kier alpha value is -1.14. The van der Waals surface area contributed by atoms with E-state index < -0.39 is 0 Å². The molecule has 20 heavy (non-hydrogen) atoms. The monoisotopic (exact) mass is 339 g/mol. The molecule has 0 unspecified atom stereocenters. The number of aromatic nitrogens is 4. The first kappa shape index (κ1) is 15.3. The predicted octanol–water partition coefficient (Wildman–Crippen LogP) is 2.55. The first-order valence-electron chi connectivity index (χ1n) is 6.88. The third kappa shape index (κ3) is 2.67. The topological polar surface area (TPSA) is 47.7 Å². The summed E-state index contributed by atoms with van der Waals surface area (Å²) in [5, 5.41) is 12.4. The maximum Gasteiger partial charge on any atom is 0.0843 e. The Kier molecular flexibility index (Phi) is 4.65.